The number of anilines is 2. The molecular formula is C35H44N8O3S. The number of benzene rings is 1. The van der Waals surface area contributed by atoms with Crippen molar-refractivity contribution >= 4 is 52.7 Å². The van der Waals surface area contributed by atoms with Gasteiger partial charge in [-0.25, -0.2) is 9.31 Å². The number of hydrogen-bond donors (Lipinski definition) is 2. The number of carbonyl (C=O) groups is 2. The second-order valence-electron chi connectivity index (χ2n) is 11.8. The fraction of sp³-hybridized carbons (Fsp3) is 0.371. The van der Waals surface area contributed by atoms with Gasteiger partial charge >= 0.3 is 6.03 Å². The summed E-state index contributed by atoms with van der Waals surface area (Å²) in [5.74, 6) is 0.805. The number of nitrogens with zero attached hydrogens (tertiary/aromatic N) is 6. The van der Waals surface area contributed by atoms with E-state index in [2.05, 4.69) is 63.6 Å². The molecule has 0 spiro atoms. The van der Waals surface area contributed by atoms with Crippen LogP contribution in [0.4, 0.5) is 16.2 Å². The maximum atomic E-state index is 13.2. The number of amides is 3. The highest BCUT2D eigenvalue weighted by Gasteiger charge is 2.31. The molecule has 47 heavy (non-hydrogen) atoms. The average Bonchev–Trinajstić information content (AvgIpc) is 3.47. The molecule has 0 saturated carbocycles. The number of aryl methyl sites for hydroxylation is 2. The lowest BCUT2D eigenvalue weighted by atomic mass is 10.0. The molecule has 12 heteroatoms. The summed E-state index contributed by atoms with van der Waals surface area (Å²) in [6.07, 6.45) is 11.4. The number of rotatable bonds is 10. The molecule has 1 saturated heterocycles. The van der Waals surface area contributed by atoms with Crippen LogP contribution in [0.1, 0.15) is 61.4 Å². The number of hydrogen-bond acceptors (Lipinski definition) is 8. The summed E-state index contributed by atoms with van der Waals surface area (Å²) in [5.41, 5.74) is 5.25. The highest BCUT2D eigenvalue weighted by molar-refractivity contribution is 7.94. The van der Waals surface area contributed by atoms with Crippen molar-refractivity contribution in [3.8, 4) is 0 Å². The topological polar surface area (TPSA) is 126 Å². The summed E-state index contributed by atoms with van der Waals surface area (Å²) in [7, 11) is 1.69. The second-order valence-corrected chi connectivity index (χ2v) is 12.7. The zero-order chi connectivity index (χ0) is 33.9. The Morgan fingerprint density at radius 2 is 1.83 bits per heavy atom. The molecule has 248 valence electrons. The lowest BCUT2D eigenvalue weighted by Crippen LogP contribution is -2.53. The molecule has 0 unspecified atom stereocenters. The van der Waals surface area contributed by atoms with Crippen LogP contribution in [0, 0.1) is 25.7 Å². The molecule has 1 aliphatic heterocycles. The van der Waals surface area contributed by atoms with Gasteiger partial charge in [0.05, 0.1) is 65.2 Å². The zero-order valence-corrected chi connectivity index (χ0v) is 29.0. The zero-order valence-electron chi connectivity index (χ0n) is 28.2. The van der Waals surface area contributed by atoms with Crippen LogP contribution in [0.3, 0.4) is 0 Å². The minimum absolute atomic E-state index is 0.224. The smallest absolute Gasteiger partial charge is 0.321 e. The number of nitrogens with one attached hydrogen (secondary N) is 2. The maximum absolute atomic E-state index is 13.2. The Morgan fingerprint density at radius 3 is 2.49 bits per heavy atom. The fourth-order valence-electron chi connectivity index (χ4n) is 4.39. The molecule has 4 heterocycles. The van der Waals surface area contributed by atoms with E-state index in [9.17, 15) is 9.59 Å². The summed E-state index contributed by atoms with van der Waals surface area (Å²) in [6, 6.07) is 9.63. The van der Waals surface area contributed by atoms with Crippen molar-refractivity contribution in [1.82, 2.24) is 24.5 Å². The number of fused-ring (bicyclic) bond motifs is 1. The molecule has 0 radical (unpaired) electrons. The molecule has 3 aromatic heterocycles. The van der Waals surface area contributed by atoms with E-state index in [1.54, 1.807) is 54.3 Å². The number of carbonyl (C=O) groups excluding carboxylic acids is 2. The van der Waals surface area contributed by atoms with Gasteiger partial charge in [-0.1, -0.05) is 51.0 Å². The van der Waals surface area contributed by atoms with Crippen molar-refractivity contribution in [1.29, 1.82) is 0 Å². The average molecular weight is 657 g/mol. The molecule has 4 aromatic rings. The molecule has 3 amide bonds. The highest BCUT2D eigenvalue weighted by atomic mass is 32.2. The Labute approximate surface area is 281 Å². The molecule has 1 aliphatic rings. The van der Waals surface area contributed by atoms with Crippen molar-refractivity contribution < 1.29 is 13.8 Å². The Bertz CT molecular complexity index is 1730. The first-order valence-corrected chi connectivity index (χ1v) is 16.5. The SMILES string of the molecule is C/C=C(\C=NC)c1cn2ncc(C(=O)Nc3cc(NC(=O)N4CC(COSc5ccc(C)cc5)C4)cnc3C)c2cn1.CCC(C)C. The van der Waals surface area contributed by atoms with E-state index in [0.29, 0.717) is 53.5 Å². The largest absolute Gasteiger partial charge is 0.324 e. The van der Waals surface area contributed by atoms with Crippen LogP contribution in [0.25, 0.3) is 11.1 Å². The van der Waals surface area contributed by atoms with Gasteiger partial charge < -0.3 is 19.7 Å². The lowest BCUT2D eigenvalue weighted by Gasteiger charge is -2.38. The van der Waals surface area contributed by atoms with E-state index in [-0.39, 0.29) is 17.9 Å². The molecule has 1 fully saturated rings. The Hall–Kier alpha value is -4.55. The van der Waals surface area contributed by atoms with Gasteiger partial charge in [0, 0.05) is 54.8 Å². The third-order valence-electron chi connectivity index (χ3n) is 7.65. The maximum Gasteiger partial charge on any atom is 0.321 e. The quantitative estimate of drug-likeness (QED) is 0.135. The van der Waals surface area contributed by atoms with E-state index in [4.69, 9.17) is 4.18 Å². The lowest BCUT2D eigenvalue weighted by molar-refractivity contribution is 0.0997. The number of likely N-dealkylation sites (tertiary alicyclic amines) is 1. The minimum Gasteiger partial charge on any atom is -0.324 e. The van der Waals surface area contributed by atoms with E-state index in [0.717, 1.165) is 16.4 Å². The number of pyridine rings is 1. The van der Waals surface area contributed by atoms with Gasteiger partial charge in [-0.15, -0.1) is 0 Å². The summed E-state index contributed by atoms with van der Waals surface area (Å²) in [4.78, 5) is 41.6. The summed E-state index contributed by atoms with van der Waals surface area (Å²) >= 11 is 1.35. The van der Waals surface area contributed by atoms with E-state index >= 15 is 0 Å². The Balaban J connectivity index is 0.000000930. The van der Waals surface area contributed by atoms with E-state index in [1.807, 2.05) is 32.1 Å². The summed E-state index contributed by atoms with van der Waals surface area (Å²) in [6.45, 7) is 14.2. The van der Waals surface area contributed by atoms with Gasteiger partial charge in [-0.05, 0) is 44.9 Å². The molecule has 0 bridgehead atoms. The predicted octanol–water partition coefficient (Wildman–Crippen LogP) is 7.34. The first kappa shape index (κ1) is 35.3. The molecule has 0 aliphatic carbocycles. The van der Waals surface area contributed by atoms with E-state index < -0.39 is 0 Å². The third-order valence-corrected chi connectivity index (χ3v) is 8.37. The highest BCUT2D eigenvalue weighted by Crippen LogP contribution is 2.25. The Kier molecular flexibility index (Phi) is 12.7. The molecule has 2 N–H and O–H groups in total. The second kappa shape index (κ2) is 16.8. The van der Waals surface area contributed by atoms with Crippen molar-refractivity contribution in [2.45, 2.75) is 52.9 Å². The van der Waals surface area contributed by atoms with Crippen LogP contribution >= 0.6 is 12.0 Å². The van der Waals surface area contributed by atoms with Gasteiger partial charge in [-0.2, -0.15) is 5.10 Å². The van der Waals surface area contributed by atoms with Crippen LogP contribution in [0.2, 0.25) is 0 Å². The normalized spacial score (nSPS) is 13.4. The molecule has 5 rings (SSSR count). The molecular weight excluding hydrogens is 613 g/mol. The monoisotopic (exact) mass is 656 g/mol. The van der Waals surface area contributed by atoms with Crippen LogP contribution in [0.15, 0.2) is 71.1 Å². The van der Waals surface area contributed by atoms with Crippen molar-refractivity contribution in [2.75, 3.05) is 37.4 Å². The van der Waals surface area contributed by atoms with Crippen LogP contribution in [-0.4, -0.2) is 69.4 Å². The predicted molar refractivity (Wildman–Crippen MR) is 190 cm³/mol. The molecule has 11 nitrogen and oxygen atoms in total. The van der Waals surface area contributed by atoms with Crippen molar-refractivity contribution in [3.63, 3.8) is 0 Å². The van der Waals surface area contributed by atoms with Gasteiger partial charge in [0.1, 0.15) is 0 Å². The van der Waals surface area contributed by atoms with Crippen LogP contribution in [0.5, 0.6) is 0 Å². The summed E-state index contributed by atoms with van der Waals surface area (Å²) in [5, 5.41) is 10.1. The van der Waals surface area contributed by atoms with Gasteiger partial charge in [0.25, 0.3) is 5.91 Å². The third kappa shape index (κ3) is 9.72. The molecule has 0 atom stereocenters. The fourth-order valence-corrected chi connectivity index (χ4v) is 5.03. The van der Waals surface area contributed by atoms with E-state index in [1.165, 1.54) is 30.2 Å². The minimum atomic E-state index is -0.358. The number of aliphatic imine (C=N–C) groups is 1. The first-order chi connectivity index (χ1) is 22.6. The standard InChI is InChI=1S/C30H32N8O3S.C5H12/c1-5-22(11-31-4)27-17-38-28(14-33-27)25(13-34-38)29(39)36-26-10-23(12-32-20(26)3)35-30(40)37-15-21(16-37)18-41-42-24-8-6-19(2)7-9-24;1-4-5(2)3/h5-14,17,21H,15-16,18H2,1-4H3,(H,35,40)(H,36,39);5H,4H2,1-3H3/b22-5+,31-11?;. The van der Waals surface area contributed by atoms with Gasteiger partial charge in [-0.3, -0.25) is 19.8 Å². The van der Waals surface area contributed by atoms with Crippen molar-refractivity contribution in [2.24, 2.45) is 16.8 Å². The van der Waals surface area contributed by atoms with Crippen molar-refractivity contribution in [3.05, 3.63) is 83.7 Å². The first-order valence-electron chi connectivity index (χ1n) is 15.7. The van der Waals surface area contributed by atoms with Crippen LogP contribution in [-0.2, 0) is 4.18 Å². The van der Waals surface area contributed by atoms with Gasteiger partial charge in [0.2, 0.25) is 0 Å². The van der Waals surface area contributed by atoms with Gasteiger partial charge in [0.15, 0.2) is 0 Å². The van der Waals surface area contributed by atoms with Crippen LogP contribution < -0.4 is 10.6 Å². The molecule has 1 aromatic carbocycles. The number of allylic oxidation sites excluding steroid dienone is 2. The summed E-state index contributed by atoms with van der Waals surface area (Å²) < 4.78 is 7.36. The number of urea groups is 1. The Morgan fingerprint density at radius 1 is 1.11 bits per heavy atom. The number of aromatic nitrogens is 4.